The van der Waals surface area contributed by atoms with E-state index in [4.69, 9.17) is 5.11 Å². The Bertz CT molecular complexity index is 510. The summed E-state index contributed by atoms with van der Waals surface area (Å²) in [6.45, 7) is 7.57. The second-order valence-corrected chi connectivity index (χ2v) is 5.27. The molecule has 1 rings (SSSR count). The lowest BCUT2D eigenvalue weighted by molar-refractivity contribution is -0.129. The third kappa shape index (κ3) is 4.21. The number of carboxylic acids is 1. The highest BCUT2D eigenvalue weighted by Crippen LogP contribution is 2.22. The van der Waals surface area contributed by atoms with E-state index in [9.17, 15) is 9.59 Å². The number of carbonyl (C=O) groups is 2. The third-order valence-corrected chi connectivity index (χ3v) is 2.65. The lowest BCUT2D eigenvalue weighted by Gasteiger charge is -2.18. The number of aliphatic carboxylic acids is 1. The van der Waals surface area contributed by atoms with Crippen molar-refractivity contribution < 1.29 is 14.7 Å². The van der Waals surface area contributed by atoms with Gasteiger partial charge in [-0.3, -0.25) is 4.79 Å². The van der Waals surface area contributed by atoms with Crippen LogP contribution in [0.2, 0.25) is 0 Å². The maximum atomic E-state index is 11.7. The Hall–Kier alpha value is -2.17. The summed E-state index contributed by atoms with van der Waals surface area (Å²) in [7, 11) is 0. The van der Waals surface area contributed by atoms with Gasteiger partial charge in [-0.05, 0) is 30.0 Å². The zero-order chi connectivity index (χ0) is 14.6. The van der Waals surface area contributed by atoms with Gasteiger partial charge in [-0.1, -0.05) is 32.9 Å². The van der Waals surface area contributed by atoms with Gasteiger partial charge in [0.15, 0.2) is 0 Å². The molecule has 1 amide bonds. The van der Waals surface area contributed by atoms with Crippen LogP contribution in [0.4, 0.5) is 0 Å². The first-order chi connectivity index (χ1) is 8.71. The van der Waals surface area contributed by atoms with Crippen LogP contribution in [0.1, 0.15) is 43.6 Å². The van der Waals surface area contributed by atoms with E-state index in [-0.39, 0.29) is 11.1 Å². The van der Waals surface area contributed by atoms with E-state index in [0.717, 1.165) is 5.56 Å². The summed E-state index contributed by atoms with van der Waals surface area (Å²) in [5.74, 6) is -1.59. The standard InChI is InChI=1S/C14H18N2O3/c1-9(13(18)19)15-16-12(17)10-5-7-11(8-6-10)14(2,3)4/h5-8H,1-4H3,(H,16,17)(H,18,19)/b15-9-. The van der Waals surface area contributed by atoms with Crippen molar-refractivity contribution in [2.45, 2.75) is 33.1 Å². The number of hydrazone groups is 1. The van der Waals surface area contributed by atoms with Crippen LogP contribution in [0.15, 0.2) is 29.4 Å². The number of nitrogens with zero attached hydrogens (tertiary/aromatic N) is 1. The van der Waals surface area contributed by atoms with Gasteiger partial charge in [0, 0.05) is 5.56 Å². The molecule has 0 aliphatic carbocycles. The average Bonchev–Trinajstić information content (AvgIpc) is 2.34. The number of rotatable bonds is 3. The molecule has 2 N–H and O–H groups in total. The van der Waals surface area contributed by atoms with Crippen molar-refractivity contribution in [3.63, 3.8) is 0 Å². The van der Waals surface area contributed by atoms with Crippen molar-refractivity contribution in [2.75, 3.05) is 0 Å². The Morgan fingerprint density at radius 2 is 1.68 bits per heavy atom. The largest absolute Gasteiger partial charge is 0.477 e. The van der Waals surface area contributed by atoms with Crippen molar-refractivity contribution >= 4 is 17.6 Å². The SMILES string of the molecule is C/C(=N/NC(=O)c1ccc(C(C)(C)C)cc1)C(=O)O. The predicted molar refractivity (Wildman–Crippen MR) is 73.4 cm³/mol. The topological polar surface area (TPSA) is 78.8 Å². The van der Waals surface area contributed by atoms with E-state index in [1.165, 1.54) is 6.92 Å². The Kier molecular flexibility index (Phi) is 4.43. The molecule has 0 fully saturated rings. The minimum absolute atomic E-state index is 0.0209. The smallest absolute Gasteiger partial charge is 0.351 e. The summed E-state index contributed by atoms with van der Waals surface area (Å²) in [6.07, 6.45) is 0. The van der Waals surface area contributed by atoms with Crippen LogP contribution in [0.3, 0.4) is 0 Å². The van der Waals surface area contributed by atoms with Gasteiger partial charge < -0.3 is 5.11 Å². The van der Waals surface area contributed by atoms with E-state index < -0.39 is 11.9 Å². The minimum atomic E-state index is -1.16. The lowest BCUT2D eigenvalue weighted by atomic mass is 9.87. The van der Waals surface area contributed by atoms with Crippen molar-refractivity contribution in [3.8, 4) is 0 Å². The number of hydrogen-bond acceptors (Lipinski definition) is 3. The molecule has 0 spiro atoms. The van der Waals surface area contributed by atoms with Crippen LogP contribution in [-0.2, 0) is 10.2 Å². The number of nitrogens with one attached hydrogen (secondary N) is 1. The van der Waals surface area contributed by atoms with Crippen molar-refractivity contribution in [2.24, 2.45) is 5.10 Å². The van der Waals surface area contributed by atoms with Gasteiger partial charge >= 0.3 is 5.97 Å². The molecule has 0 radical (unpaired) electrons. The number of carbonyl (C=O) groups excluding carboxylic acids is 1. The molecular formula is C14H18N2O3. The van der Waals surface area contributed by atoms with E-state index in [2.05, 4.69) is 31.3 Å². The van der Waals surface area contributed by atoms with Gasteiger partial charge in [0.1, 0.15) is 5.71 Å². The summed E-state index contributed by atoms with van der Waals surface area (Å²) in [4.78, 5) is 22.2. The first-order valence-electron chi connectivity index (χ1n) is 5.90. The number of carboxylic acid groups (broad SMARTS) is 1. The molecule has 19 heavy (non-hydrogen) atoms. The van der Waals surface area contributed by atoms with Gasteiger partial charge in [0.2, 0.25) is 0 Å². The zero-order valence-electron chi connectivity index (χ0n) is 11.5. The van der Waals surface area contributed by atoms with Crippen LogP contribution >= 0.6 is 0 Å². The Balaban J connectivity index is 2.79. The van der Waals surface area contributed by atoms with E-state index in [1.54, 1.807) is 12.1 Å². The summed E-state index contributed by atoms with van der Waals surface area (Å²) < 4.78 is 0. The highest BCUT2D eigenvalue weighted by molar-refractivity contribution is 6.34. The highest BCUT2D eigenvalue weighted by Gasteiger charge is 2.14. The number of hydrogen-bond donors (Lipinski definition) is 2. The van der Waals surface area contributed by atoms with Gasteiger partial charge in [0.25, 0.3) is 5.91 Å². The minimum Gasteiger partial charge on any atom is -0.477 e. The molecule has 0 saturated heterocycles. The molecule has 0 unspecified atom stereocenters. The molecule has 0 bridgehead atoms. The average molecular weight is 262 g/mol. The van der Waals surface area contributed by atoms with Crippen LogP contribution in [0.25, 0.3) is 0 Å². The normalized spacial score (nSPS) is 12.1. The quantitative estimate of drug-likeness (QED) is 0.647. The molecule has 0 atom stereocenters. The summed E-state index contributed by atoms with van der Waals surface area (Å²) in [5.41, 5.74) is 3.62. The number of amides is 1. The van der Waals surface area contributed by atoms with Gasteiger partial charge in [-0.15, -0.1) is 0 Å². The van der Waals surface area contributed by atoms with E-state index in [1.807, 2.05) is 12.1 Å². The molecule has 0 aliphatic heterocycles. The molecule has 5 heteroatoms. The van der Waals surface area contributed by atoms with Crippen molar-refractivity contribution in [1.82, 2.24) is 5.43 Å². The Morgan fingerprint density at radius 1 is 1.16 bits per heavy atom. The highest BCUT2D eigenvalue weighted by atomic mass is 16.4. The molecule has 102 valence electrons. The van der Waals surface area contributed by atoms with Crippen molar-refractivity contribution in [1.29, 1.82) is 0 Å². The second kappa shape index (κ2) is 5.65. The van der Waals surface area contributed by atoms with Crippen LogP contribution < -0.4 is 5.43 Å². The molecule has 5 nitrogen and oxygen atoms in total. The monoisotopic (exact) mass is 262 g/mol. The first-order valence-corrected chi connectivity index (χ1v) is 5.90. The Labute approximate surface area is 112 Å². The Morgan fingerprint density at radius 3 is 2.11 bits per heavy atom. The molecule has 1 aromatic carbocycles. The van der Waals surface area contributed by atoms with Crippen LogP contribution in [0, 0.1) is 0 Å². The van der Waals surface area contributed by atoms with Crippen molar-refractivity contribution in [3.05, 3.63) is 35.4 Å². The maximum Gasteiger partial charge on any atom is 0.351 e. The van der Waals surface area contributed by atoms with E-state index >= 15 is 0 Å². The molecule has 0 aliphatic rings. The fourth-order valence-corrected chi connectivity index (χ4v) is 1.37. The predicted octanol–water partition coefficient (Wildman–Crippen LogP) is 2.17. The van der Waals surface area contributed by atoms with Crippen LogP contribution in [0.5, 0.6) is 0 Å². The first kappa shape index (κ1) is 14.9. The molecule has 1 aromatic rings. The molecular weight excluding hydrogens is 244 g/mol. The third-order valence-electron chi connectivity index (χ3n) is 2.65. The second-order valence-electron chi connectivity index (χ2n) is 5.27. The van der Waals surface area contributed by atoms with E-state index in [0.29, 0.717) is 5.56 Å². The number of benzene rings is 1. The molecule has 0 saturated carbocycles. The summed E-state index contributed by atoms with van der Waals surface area (Å²) in [6, 6.07) is 7.15. The maximum absolute atomic E-state index is 11.7. The summed E-state index contributed by atoms with van der Waals surface area (Å²) in [5, 5.41) is 12.1. The fraction of sp³-hybridized carbons (Fsp3) is 0.357. The van der Waals surface area contributed by atoms with Gasteiger partial charge in [-0.2, -0.15) is 5.10 Å². The van der Waals surface area contributed by atoms with Gasteiger partial charge in [-0.25, -0.2) is 10.2 Å². The van der Waals surface area contributed by atoms with Crippen LogP contribution in [-0.4, -0.2) is 22.7 Å². The lowest BCUT2D eigenvalue weighted by Crippen LogP contribution is -2.22. The molecule has 0 aromatic heterocycles. The zero-order valence-corrected chi connectivity index (χ0v) is 11.5. The molecule has 0 heterocycles. The van der Waals surface area contributed by atoms with Gasteiger partial charge in [0.05, 0.1) is 0 Å². The fourth-order valence-electron chi connectivity index (χ4n) is 1.37. The summed E-state index contributed by atoms with van der Waals surface area (Å²) >= 11 is 0.